The van der Waals surface area contributed by atoms with Gasteiger partial charge in [-0.05, 0) is 23.3 Å². The van der Waals surface area contributed by atoms with Crippen LogP contribution >= 0.6 is 0 Å². The third-order valence-electron chi connectivity index (χ3n) is 4.42. The summed E-state index contributed by atoms with van der Waals surface area (Å²) in [6.45, 7) is 0.358. The number of carbonyl (C=O) groups is 1. The van der Waals surface area contributed by atoms with Gasteiger partial charge >= 0.3 is 0 Å². The second kappa shape index (κ2) is 8.39. The molecule has 1 amide bonds. The number of ether oxygens (including phenoxy) is 3. The smallest absolute Gasteiger partial charge is 0.260 e. The molecule has 0 fully saturated rings. The molecule has 0 saturated heterocycles. The van der Waals surface area contributed by atoms with E-state index < -0.39 is 5.60 Å². The van der Waals surface area contributed by atoms with Crippen molar-refractivity contribution in [1.29, 1.82) is 5.26 Å². The molecule has 6 nitrogen and oxygen atoms in total. The molecule has 2 aromatic rings. The van der Waals surface area contributed by atoms with Crippen LogP contribution in [0.25, 0.3) is 0 Å². The number of carbonyl (C=O) groups excluding carboxylic acids is 1. The lowest BCUT2D eigenvalue weighted by Crippen LogP contribution is -2.51. The van der Waals surface area contributed by atoms with Gasteiger partial charge in [0.05, 0.1) is 11.6 Å². The van der Waals surface area contributed by atoms with E-state index in [1.54, 1.807) is 24.3 Å². The topological polar surface area (TPSA) is 80.6 Å². The molecule has 0 spiro atoms. The molecular formula is C21H20N2O4. The molecule has 0 saturated carbocycles. The molecule has 138 valence electrons. The number of nitrogens with one attached hydrogen (secondary N) is 1. The number of benzene rings is 2. The average molecular weight is 364 g/mol. The fourth-order valence-electron chi connectivity index (χ4n) is 2.90. The monoisotopic (exact) mass is 364 g/mol. The Hall–Kier alpha value is -3.30. The van der Waals surface area contributed by atoms with Crippen LogP contribution in [0.5, 0.6) is 0 Å². The Morgan fingerprint density at radius 2 is 1.93 bits per heavy atom. The van der Waals surface area contributed by atoms with Crippen LogP contribution in [0.15, 0.2) is 66.6 Å². The SMILES string of the molecule is CO[C@](Cc1ccccc1)(C(=O)NCc1ccc(C#N)cc1)C1=COCO1. The maximum absolute atomic E-state index is 13.1. The normalized spacial score (nSPS) is 14.9. The van der Waals surface area contributed by atoms with Gasteiger partial charge in [-0.3, -0.25) is 4.79 Å². The molecule has 1 N–H and O–H groups in total. The molecule has 0 radical (unpaired) electrons. The number of methoxy groups -OCH3 is 1. The molecular weight excluding hydrogens is 344 g/mol. The Kier molecular flexibility index (Phi) is 5.74. The molecule has 3 rings (SSSR count). The van der Waals surface area contributed by atoms with Gasteiger partial charge in [-0.15, -0.1) is 0 Å². The molecule has 0 unspecified atom stereocenters. The van der Waals surface area contributed by atoms with Gasteiger partial charge in [0.1, 0.15) is 6.26 Å². The number of rotatable bonds is 7. The molecule has 0 aromatic heterocycles. The van der Waals surface area contributed by atoms with Gasteiger partial charge < -0.3 is 19.5 Å². The summed E-state index contributed by atoms with van der Waals surface area (Å²) in [7, 11) is 1.48. The van der Waals surface area contributed by atoms with Crippen molar-refractivity contribution in [3.05, 3.63) is 83.3 Å². The second-order valence-corrected chi connectivity index (χ2v) is 6.10. The van der Waals surface area contributed by atoms with Gasteiger partial charge in [-0.25, -0.2) is 0 Å². The molecule has 6 heteroatoms. The third kappa shape index (κ3) is 4.10. The van der Waals surface area contributed by atoms with E-state index in [1.165, 1.54) is 13.4 Å². The molecule has 0 bridgehead atoms. The van der Waals surface area contributed by atoms with Gasteiger partial charge in [-0.2, -0.15) is 5.26 Å². The predicted molar refractivity (Wildman–Crippen MR) is 98.0 cm³/mol. The number of nitriles is 1. The van der Waals surface area contributed by atoms with Crippen LogP contribution in [0, 0.1) is 11.3 Å². The van der Waals surface area contributed by atoms with E-state index in [0.29, 0.717) is 24.3 Å². The maximum atomic E-state index is 13.1. The molecule has 1 aliphatic rings. The van der Waals surface area contributed by atoms with E-state index in [2.05, 4.69) is 11.4 Å². The number of amides is 1. The van der Waals surface area contributed by atoms with Gasteiger partial charge in [0, 0.05) is 20.1 Å². The van der Waals surface area contributed by atoms with Crippen molar-refractivity contribution in [2.24, 2.45) is 0 Å². The average Bonchev–Trinajstić information content (AvgIpc) is 3.26. The highest BCUT2D eigenvalue weighted by Crippen LogP contribution is 2.30. The molecule has 1 heterocycles. The minimum Gasteiger partial charge on any atom is -0.461 e. The largest absolute Gasteiger partial charge is 0.461 e. The first-order valence-electron chi connectivity index (χ1n) is 8.49. The van der Waals surface area contributed by atoms with Crippen LogP contribution in [-0.4, -0.2) is 25.4 Å². The highest BCUT2D eigenvalue weighted by atomic mass is 16.7. The lowest BCUT2D eigenvalue weighted by atomic mass is 9.91. The van der Waals surface area contributed by atoms with E-state index in [0.717, 1.165) is 11.1 Å². The van der Waals surface area contributed by atoms with Gasteiger partial charge in [0.25, 0.3) is 5.91 Å². The summed E-state index contributed by atoms with van der Waals surface area (Å²) in [5.41, 5.74) is 1.06. The molecule has 1 aliphatic heterocycles. The molecule has 1 atom stereocenters. The van der Waals surface area contributed by atoms with Crippen molar-refractivity contribution in [2.45, 2.75) is 18.6 Å². The van der Waals surface area contributed by atoms with Crippen LogP contribution < -0.4 is 5.32 Å². The predicted octanol–water partition coefficient (Wildman–Crippen LogP) is 2.65. The zero-order valence-corrected chi connectivity index (χ0v) is 15.0. The number of hydrogen-bond acceptors (Lipinski definition) is 5. The second-order valence-electron chi connectivity index (χ2n) is 6.10. The standard InChI is InChI=1S/C21H20N2O4/c1-25-21(19-14-26-15-27-19,11-16-5-3-2-4-6-16)20(24)23-13-18-9-7-17(12-22)8-10-18/h2-10,14H,11,13,15H2,1H3,(H,23,24)/t21-/m0/s1. The Morgan fingerprint density at radius 1 is 1.19 bits per heavy atom. The number of hydrogen-bond donors (Lipinski definition) is 1. The maximum Gasteiger partial charge on any atom is 0.260 e. The first-order valence-corrected chi connectivity index (χ1v) is 8.49. The summed E-state index contributed by atoms with van der Waals surface area (Å²) >= 11 is 0. The summed E-state index contributed by atoms with van der Waals surface area (Å²) in [6, 6.07) is 18.7. The van der Waals surface area contributed by atoms with Crippen molar-refractivity contribution in [3.63, 3.8) is 0 Å². The third-order valence-corrected chi connectivity index (χ3v) is 4.42. The van der Waals surface area contributed by atoms with Gasteiger partial charge in [0.15, 0.2) is 5.76 Å². The van der Waals surface area contributed by atoms with Crippen molar-refractivity contribution >= 4 is 5.91 Å². The van der Waals surface area contributed by atoms with Crippen molar-refractivity contribution in [1.82, 2.24) is 5.32 Å². The lowest BCUT2D eigenvalue weighted by molar-refractivity contribution is -0.143. The van der Waals surface area contributed by atoms with Crippen LogP contribution in [-0.2, 0) is 32.0 Å². The van der Waals surface area contributed by atoms with E-state index in [-0.39, 0.29) is 12.7 Å². The van der Waals surface area contributed by atoms with E-state index in [9.17, 15) is 4.79 Å². The Morgan fingerprint density at radius 3 is 2.52 bits per heavy atom. The van der Waals surface area contributed by atoms with Crippen LogP contribution in [0.2, 0.25) is 0 Å². The van der Waals surface area contributed by atoms with Crippen molar-refractivity contribution in [2.75, 3.05) is 13.9 Å². The summed E-state index contributed by atoms with van der Waals surface area (Å²) in [5, 5.41) is 11.8. The molecule has 2 aromatic carbocycles. The van der Waals surface area contributed by atoms with Gasteiger partial charge in [-0.1, -0.05) is 42.5 Å². The number of nitrogens with zero attached hydrogens (tertiary/aromatic N) is 1. The van der Waals surface area contributed by atoms with Crippen molar-refractivity contribution in [3.8, 4) is 6.07 Å². The summed E-state index contributed by atoms with van der Waals surface area (Å²) < 4.78 is 16.4. The first-order chi connectivity index (χ1) is 13.2. The van der Waals surface area contributed by atoms with E-state index in [1.807, 2.05) is 30.3 Å². The zero-order valence-electron chi connectivity index (χ0n) is 15.0. The fraction of sp³-hybridized carbons (Fsp3) is 0.238. The minimum absolute atomic E-state index is 0.0537. The van der Waals surface area contributed by atoms with Crippen molar-refractivity contribution < 1.29 is 19.0 Å². The lowest BCUT2D eigenvalue weighted by Gasteiger charge is -2.30. The molecule has 27 heavy (non-hydrogen) atoms. The van der Waals surface area contributed by atoms with Crippen LogP contribution in [0.3, 0.4) is 0 Å². The van der Waals surface area contributed by atoms with Crippen LogP contribution in [0.4, 0.5) is 0 Å². The summed E-state index contributed by atoms with van der Waals surface area (Å²) in [6.07, 6.45) is 1.73. The highest BCUT2D eigenvalue weighted by Gasteiger charge is 2.46. The molecule has 0 aliphatic carbocycles. The highest BCUT2D eigenvalue weighted by molar-refractivity contribution is 5.88. The van der Waals surface area contributed by atoms with Gasteiger partial charge in [0.2, 0.25) is 12.4 Å². The Balaban J connectivity index is 1.80. The van der Waals surface area contributed by atoms with E-state index in [4.69, 9.17) is 19.5 Å². The van der Waals surface area contributed by atoms with Crippen LogP contribution in [0.1, 0.15) is 16.7 Å². The quantitative estimate of drug-likeness (QED) is 0.817. The Bertz CT molecular complexity index is 856. The summed E-state index contributed by atoms with van der Waals surface area (Å²) in [4.78, 5) is 13.1. The fourth-order valence-corrected chi connectivity index (χ4v) is 2.90. The zero-order chi connectivity index (χ0) is 19.1. The Labute approximate surface area is 158 Å². The summed E-state index contributed by atoms with van der Waals surface area (Å²) in [5.74, 6) is 0.0149. The minimum atomic E-state index is -1.33. The first kappa shape index (κ1) is 18.5. The van der Waals surface area contributed by atoms with E-state index >= 15 is 0 Å².